The summed E-state index contributed by atoms with van der Waals surface area (Å²) in [5, 5.41) is 10.9. The Morgan fingerprint density at radius 2 is 2.08 bits per heavy atom. The fourth-order valence-electron chi connectivity index (χ4n) is 3.27. The molecule has 0 radical (unpaired) electrons. The zero-order chi connectivity index (χ0) is 16.4. The van der Waals surface area contributed by atoms with Crippen LogP contribution in [0.15, 0.2) is 35.5 Å². The zero-order valence-electron chi connectivity index (χ0n) is 13.6. The van der Waals surface area contributed by atoms with Crippen molar-refractivity contribution >= 4 is 17.7 Å². The number of nitrogens with one attached hydrogen (secondary N) is 2. The van der Waals surface area contributed by atoms with Crippen molar-refractivity contribution in [1.29, 1.82) is 0 Å². The molecule has 1 heterocycles. The second-order valence-electron chi connectivity index (χ2n) is 6.84. The minimum atomic E-state index is 0.0555. The molecule has 0 atom stereocenters. The largest absolute Gasteiger partial charge is 0.354 e. The minimum Gasteiger partial charge on any atom is -0.354 e. The van der Waals surface area contributed by atoms with E-state index in [1.165, 1.54) is 36.6 Å². The van der Waals surface area contributed by atoms with Gasteiger partial charge in [0.05, 0.1) is 5.75 Å². The van der Waals surface area contributed by atoms with Gasteiger partial charge in [0.15, 0.2) is 0 Å². The maximum Gasteiger partial charge on any atom is 0.230 e. The van der Waals surface area contributed by atoms with Crippen LogP contribution >= 0.6 is 11.8 Å². The molecular weight excluding hydrogens is 320 g/mol. The molecule has 6 heteroatoms. The molecule has 1 aromatic heterocycles. The monoisotopic (exact) mass is 342 g/mol. The highest BCUT2D eigenvalue weighted by atomic mass is 32.2. The van der Waals surface area contributed by atoms with Crippen molar-refractivity contribution in [3.05, 3.63) is 41.7 Å². The molecule has 5 nitrogen and oxygen atoms in total. The van der Waals surface area contributed by atoms with Crippen molar-refractivity contribution in [2.75, 3.05) is 12.3 Å². The summed E-state index contributed by atoms with van der Waals surface area (Å²) in [6.45, 7) is 0.720. The molecule has 2 fully saturated rings. The molecule has 2 aliphatic carbocycles. The maximum atomic E-state index is 12.2. The molecule has 0 saturated heterocycles. The van der Waals surface area contributed by atoms with E-state index in [-0.39, 0.29) is 11.3 Å². The standard InChI is InChI=1S/C18H22N4OS/c23-15(11-24-17-20-16(21-22-17)13-7-8-13)19-12-18(9-4-10-18)14-5-2-1-3-6-14/h1-3,5-6,13H,4,7-12H2,(H,19,23)(H,20,21,22). The van der Waals surface area contributed by atoms with Gasteiger partial charge in [0.1, 0.15) is 5.82 Å². The van der Waals surface area contributed by atoms with Gasteiger partial charge in [-0.15, -0.1) is 5.10 Å². The van der Waals surface area contributed by atoms with E-state index in [4.69, 9.17) is 0 Å². The number of carbonyl (C=O) groups is 1. The lowest BCUT2D eigenvalue weighted by molar-refractivity contribution is -0.119. The van der Waals surface area contributed by atoms with Crippen LogP contribution in [0.3, 0.4) is 0 Å². The number of H-pyrrole nitrogens is 1. The number of aromatic amines is 1. The second-order valence-corrected chi connectivity index (χ2v) is 7.79. The highest BCUT2D eigenvalue weighted by Gasteiger charge is 2.38. The summed E-state index contributed by atoms with van der Waals surface area (Å²) < 4.78 is 0. The van der Waals surface area contributed by atoms with Gasteiger partial charge in [-0.1, -0.05) is 48.5 Å². The number of hydrogen-bond acceptors (Lipinski definition) is 4. The van der Waals surface area contributed by atoms with Gasteiger partial charge < -0.3 is 5.32 Å². The van der Waals surface area contributed by atoms with Crippen molar-refractivity contribution in [3.63, 3.8) is 0 Å². The number of thioether (sulfide) groups is 1. The summed E-state index contributed by atoms with van der Waals surface area (Å²) in [5.41, 5.74) is 1.47. The van der Waals surface area contributed by atoms with E-state index in [0.29, 0.717) is 16.8 Å². The van der Waals surface area contributed by atoms with Crippen LogP contribution in [0.5, 0.6) is 0 Å². The Kier molecular flexibility index (Phi) is 4.31. The third-order valence-electron chi connectivity index (χ3n) is 5.10. The second kappa shape index (κ2) is 6.59. The summed E-state index contributed by atoms with van der Waals surface area (Å²) in [7, 11) is 0. The fourth-order valence-corrected chi connectivity index (χ4v) is 3.91. The molecule has 0 unspecified atom stereocenters. The molecule has 0 aliphatic heterocycles. The molecule has 2 aromatic rings. The van der Waals surface area contributed by atoms with Crippen LogP contribution in [-0.2, 0) is 10.2 Å². The topological polar surface area (TPSA) is 70.7 Å². The first-order valence-corrected chi connectivity index (χ1v) is 9.61. The highest BCUT2D eigenvalue weighted by Crippen LogP contribution is 2.43. The summed E-state index contributed by atoms with van der Waals surface area (Å²) in [5.74, 6) is 1.95. The smallest absolute Gasteiger partial charge is 0.230 e. The van der Waals surface area contributed by atoms with E-state index in [1.54, 1.807) is 0 Å². The van der Waals surface area contributed by atoms with Gasteiger partial charge >= 0.3 is 0 Å². The van der Waals surface area contributed by atoms with E-state index in [2.05, 4.69) is 44.8 Å². The van der Waals surface area contributed by atoms with E-state index in [9.17, 15) is 4.79 Å². The Morgan fingerprint density at radius 1 is 1.29 bits per heavy atom. The lowest BCUT2D eigenvalue weighted by Crippen LogP contribution is -2.46. The fraction of sp³-hybridized carbons (Fsp3) is 0.500. The molecular formula is C18H22N4OS. The van der Waals surface area contributed by atoms with E-state index >= 15 is 0 Å². The minimum absolute atomic E-state index is 0.0555. The Labute approximate surface area is 146 Å². The molecule has 2 N–H and O–H groups in total. The van der Waals surface area contributed by atoms with Crippen molar-refractivity contribution in [2.45, 2.75) is 48.6 Å². The summed E-state index contributed by atoms with van der Waals surface area (Å²) in [6, 6.07) is 10.5. The van der Waals surface area contributed by atoms with Crippen LogP contribution in [0.25, 0.3) is 0 Å². The number of carbonyl (C=O) groups excluding carboxylic acids is 1. The number of aromatic nitrogens is 3. The van der Waals surface area contributed by atoms with Gasteiger partial charge in [-0.2, -0.15) is 0 Å². The van der Waals surface area contributed by atoms with Crippen molar-refractivity contribution in [2.24, 2.45) is 0 Å². The summed E-state index contributed by atoms with van der Waals surface area (Å²) in [6.07, 6.45) is 5.93. The molecule has 4 rings (SSSR count). The van der Waals surface area contributed by atoms with Gasteiger partial charge in [-0.05, 0) is 31.2 Å². The third kappa shape index (κ3) is 3.34. The summed E-state index contributed by atoms with van der Waals surface area (Å²) in [4.78, 5) is 16.6. The van der Waals surface area contributed by atoms with E-state index in [1.807, 2.05) is 6.07 Å². The maximum absolute atomic E-state index is 12.2. The van der Waals surface area contributed by atoms with Gasteiger partial charge in [0, 0.05) is 17.9 Å². The SMILES string of the molecule is O=C(CSc1n[nH]c(C2CC2)n1)NCC1(c2ccccc2)CCC1. The zero-order valence-corrected chi connectivity index (χ0v) is 14.4. The molecule has 0 bridgehead atoms. The molecule has 126 valence electrons. The average molecular weight is 342 g/mol. The molecule has 1 aromatic carbocycles. The molecule has 0 spiro atoms. The molecule has 24 heavy (non-hydrogen) atoms. The first kappa shape index (κ1) is 15.7. The van der Waals surface area contributed by atoms with Crippen LogP contribution in [0, 0.1) is 0 Å². The quantitative estimate of drug-likeness (QED) is 0.759. The van der Waals surface area contributed by atoms with Gasteiger partial charge in [-0.3, -0.25) is 9.89 Å². The Hall–Kier alpha value is -1.82. The number of benzene rings is 1. The Bertz CT molecular complexity index is 707. The van der Waals surface area contributed by atoms with Crippen molar-refractivity contribution < 1.29 is 4.79 Å². The average Bonchev–Trinajstić information content (AvgIpc) is 3.32. The summed E-state index contributed by atoms with van der Waals surface area (Å²) >= 11 is 1.40. The van der Waals surface area contributed by atoms with Crippen LogP contribution < -0.4 is 5.32 Å². The van der Waals surface area contributed by atoms with Crippen LogP contribution in [0.4, 0.5) is 0 Å². The van der Waals surface area contributed by atoms with Crippen molar-refractivity contribution in [3.8, 4) is 0 Å². The molecule has 2 aliphatic rings. The van der Waals surface area contributed by atoms with Crippen LogP contribution in [0.1, 0.15) is 49.4 Å². The molecule has 1 amide bonds. The number of amides is 1. The Balaban J connectivity index is 1.28. The molecule has 2 saturated carbocycles. The first-order valence-electron chi connectivity index (χ1n) is 8.62. The lowest BCUT2D eigenvalue weighted by Gasteiger charge is -2.42. The lowest BCUT2D eigenvalue weighted by atomic mass is 9.64. The first-order chi connectivity index (χ1) is 11.8. The highest BCUT2D eigenvalue weighted by molar-refractivity contribution is 7.99. The van der Waals surface area contributed by atoms with Crippen LogP contribution in [-0.4, -0.2) is 33.4 Å². The Morgan fingerprint density at radius 3 is 2.75 bits per heavy atom. The third-order valence-corrected chi connectivity index (χ3v) is 5.95. The normalized spacial score (nSPS) is 18.8. The van der Waals surface area contributed by atoms with Gasteiger partial charge in [0.25, 0.3) is 0 Å². The number of hydrogen-bond donors (Lipinski definition) is 2. The predicted molar refractivity (Wildman–Crippen MR) is 94.1 cm³/mol. The predicted octanol–water partition coefficient (Wildman–Crippen LogP) is 3.01. The number of rotatable bonds is 7. The van der Waals surface area contributed by atoms with E-state index < -0.39 is 0 Å². The van der Waals surface area contributed by atoms with Crippen molar-refractivity contribution in [1.82, 2.24) is 20.5 Å². The van der Waals surface area contributed by atoms with E-state index in [0.717, 1.165) is 25.2 Å². The van der Waals surface area contributed by atoms with Gasteiger partial charge in [-0.25, -0.2) is 4.98 Å². The van der Waals surface area contributed by atoms with Crippen LogP contribution in [0.2, 0.25) is 0 Å². The van der Waals surface area contributed by atoms with Gasteiger partial charge in [0.2, 0.25) is 11.1 Å². The number of nitrogens with zero attached hydrogens (tertiary/aromatic N) is 2.